The average Bonchev–Trinajstić information content (AvgIpc) is 2.64. The highest BCUT2D eigenvalue weighted by molar-refractivity contribution is 7.80. The van der Waals surface area contributed by atoms with Gasteiger partial charge in [-0.25, -0.2) is 4.98 Å². The van der Waals surface area contributed by atoms with Crippen LogP contribution in [0, 0.1) is 10.7 Å². The number of nitrogens with zero attached hydrogens (tertiary/aromatic N) is 1. The second-order valence-corrected chi connectivity index (χ2v) is 4.39. The molecule has 0 spiro atoms. The number of aromatic amines is 2. The van der Waals surface area contributed by atoms with Crippen molar-refractivity contribution in [2.75, 3.05) is 0 Å². The van der Waals surface area contributed by atoms with E-state index < -0.39 is 0 Å². The summed E-state index contributed by atoms with van der Waals surface area (Å²) in [5, 5.41) is 5.68. The monoisotopic (exact) mass is 249 g/mol. The van der Waals surface area contributed by atoms with Crippen LogP contribution < -0.4 is 0 Å². The van der Waals surface area contributed by atoms with E-state index in [4.69, 9.17) is 24.4 Å². The van der Waals surface area contributed by atoms with Gasteiger partial charge in [-0.3, -0.25) is 10.2 Å². The summed E-state index contributed by atoms with van der Waals surface area (Å²) in [4.78, 5) is 5.02. The molecule has 0 aromatic carbocycles. The van der Waals surface area contributed by atoms with Gasteiger partial charge < -0.3 is 0 Å². The van der Waals surface area contributed by atoms with E-state index in [1.54, 1.807) is 0 Å². The largest absolute Gasteiger partial charge is 0.285 e. The lowest BCUT2D eigenvalue weighted by molar-refractivity contribution is 0.966. The topological polar surface area (TPSA) is 44.5 Å². The molecule has 1 atom stereocenters. The van der Waals surface area contributed by atoms with E-state index in [1.807, 2.05) is 24.3 Å². The third-order valence-electron chi connectivity index (χ3n) is 2.35. The minimum atomic E-state index is 0.177. The Kier molecular flexibility index (Phi) is 3.26. The maximum absolute atomic E-state index is 5.27. The second-order valence-electron chi connectivity index (χ2n) is 3.53. The van der Waals surface area contributed by atoms with Crippen molar-refractivity contribution in [2.24, 2.45) is 5.92 Å². The van der Waals surface area contributed by atoms with Gasteiger partial charge in [0, 0.05) is 17.2 Å². The Labute approximate surface area is 104 Å². The number of aromatic nitrogens is 3. The molecule has 1 aromatic heterocycles. The standard InChI is InChI=1S/C11H11N3S2/c1-2-8-4-3-7(5-9(8)15)6-10-12-11(16)14-13-10/h2-5,8H,1,6H2,(H2,12,13,14,16). The van der Waals surface area contributed by atoms with Crippen molar-refractivity contribution >= 4 is 29.3 Å². The van der Waals surface area contributed by atoms with E-state index in [1.165, 1.54) is 0 Å². The minimum Gasteiger partial charge on any atom is -0.285 e. The highest BCUT2D eigenvalue weighted by atomic mass is 32.1. The summed E-state index contributed by atoms with van der Waals surface area (Å²) >= 11 is 10.2. The molecule has 3 nitrogen and oxygen atoms in total. The second kappa shape index (κ2) is 4.67. The summed E-state index contributed by atoms with van der Waals surface area (Å²) in [7, 11) is 0. The Balaban J connectivity index is 2.13. The maximum atomic E-state index is 5.27. The van der Waals surface area contributed by atoms with Crippen molar-refractivity contribution in [3.63, 3.8) is 0 Å². The zero-order valence-electron chi connectivity index (χ0n) is 8.56. The first-order chi connectivity index (χ1) is 7.69. The Morgan fingerprint density at radius 1 is 1.44 bits per heavy atom. The van der Waals surface area contributed by atoms with Gasteiger partial charge in [0.05, 0.1) is 0 Å². The highest BCUT2D eigenvalue weighted by Crippen LogP contribution is 2.17. The lowest BCUT2D eigenvalue weighted by atomic mass is 9.95. The zero-order chi connectivity index (χ0) is 11.5. The predicted molar refractivity (Wildman–Crippen MR) is 71.0 cm³/mol. The van der Waals surface area contributed by atoms with Crippen molar-refractivity contribution in [2.45, 2.75) is 6.42 Å². The van der Waals surface area contributed by atoms with Crippen LogP contribution in [0.25, 0.3) is 0 Å². The Morgan fingerprint density at radius 2 is 2.25 bits per heavy atom. The fourth-order valence-electron chi connectivity index (χ4n) is 1.54. The number of hydrogen-bond acceptors (Lipinski definition) is 3. The third kappa shape index (κ3) is 2.43. The van der Waals surface area contributed by atoms with Crippen LogP contribution in [0.3, 0.4) is 0 Å². The minimum absolute atomic E-state index is 0.177. The molecule has 1 unspecified atom stereocenters. The molecule has 0 fully saturated rings. The van der Waals surface area contributed by atoms with Crippen LogP contribution >= 0.6 is 24.4 Å². The van der Waals surface area contributed by atoms with Crippen molar-refractivity contribution < 1.29 is 0 Å². The molecule has 1 aliphatic carbocycles. The maximum Gasteiger partial charge on any atom is 0.213 e. The molecular formula is C11H11N3S2. The van der Waals surface area contributed by atoms with Crippen LogP contribution in [-0.2, 0) is 6.42 Å². The Morgan fingerprint density at radius 3 is 2.81 bits per heavy atom. The van der Waals surface area contributed by atoms with Gasteiger partial charge in [0.1, 0.15) is 5.82 Å². The first-order valence-electron chi connectivity index (χ1n) is 4.88. The van der Waals surface area contributed by atoms with Gasteiger partial charge in [-0.2, -0.15) is 0 Å². The van der Waals surface area contributed by atoms with Crippen molar-refractivity contribution in [1.82, 2.24) is 15.2 Å². The van der Waals surface area contributed by atoms with Gasteiger partial charge in [-0.05, 0) is 23.9 Å². The molecule has 0 radical (unpaired) electrons. The molecule has 1 heterocycles. The summed E-state index contributed by atoms with van der Waals surface area (Å²) in [5.41, 5.74) is 1.13. The lowest BCUT2D eigenvalue weighted by Gasteiger charge is -2.12. The molecular weight excluding hydrogens is 238 g/mol. The zero-order valence-corrected chi connectivity index (χ0v) is 10.2. The average molecular weight is 249 g/mol. The van der Waals surface area contributed by atoms with E-state index in [0.29, 0.717) is 11.2 Å². The molecule has 2 rings (SSSR count). The first kappa shape index (κ1) is 11.2. The van der Waals surface area contributed by atoms with E-state index in [0.717, 1.165) is 16.3 Å². The van der Waals surface area contributed by atoms with Crippen LogP contribution in [0.4, 0.5) is 0 Å². The molecule has 16 heavy (non-hydrogen) atoms. The molecule has 0 saturated carbocycles. The van der Waals surface area contributed by atoms with Crippen molar-refractivity contribution in [1.29, 1.82) is 0 Å². The van der Waals surface area contributed by atoms with Gasteiger partial charge in [-0.1, -0.05) is 30.4 Å². The molecule has 2 N–H and O–H groups in total. The summed E-state index contributed by atoms with van der Waals surface area (Å²) in [6.07, 6.45) is 8.63. The van der Waals surface area contributed by atoms with Gasteiger partial charge in [0.15, 0.2) is 0 Å². The number of hydrogen-bond donors (Lipinski definition) is 2. The van der Waals surface area contributed by atoms with Gasteiger partial charge >= 0.3 is 0 Å². The van der Waals surface area contributed by atoms with Crippen molar-refractivity contribution in [3.05, 3.63) is 47.1 Å². The molecule has 0 aliphatic heterocycles. The molecule has 5 heteroatoms. The number of allylic oxidation sites excluding steroid dienone is 5. The summed E-state index contributed by atoms with van der Waals surface area (Å²) in [6.45, 7) is 3.74. The van der Waals surface area contributed by atoms with E-state index >= 15 is 0 Å². The number of rotatable bonds is 3. The van der Waals surface area contributed by atoms with E-state index in [2.05, 4.69) is 21.8 Å². The Hall–Kier alpha value is -1.33. The quantitative estimate of drug-likeness (QED) is 0.639. The lowest BCUT2D eigenvalue weighted by Crippen LogP contribution is -2.09. The highest BCUT2D eigenvalue weighted by Gasteiger charge is 2.11. The molecule has 82 valence electrons. The van der Waals surface area contributed by atoms with Crippen LogP contribution in [-0.4, -0.2) is 20.0 Å². The molecule has 0 saturated heterocycles. The van der Waals surface area contributed by atoms with Crippen LogP contribution in [0.2, 0.25) is 0 Å². The number of thiocarbonyl (C=S) groups is 1. The van der Waals surface area contributed by atoms with Crippen LogP contribution in [0.1, 0.15) is 5.82 Å². The SMILES string of the molecule is C=CC1C=CC(Cc2nc(=S)[nH][nH]2)=CC1=S. The van der Waals surface area contributed by atoms with Crippen molar-refractivity contribution in [3.8, 4) is 0 Å². The van der Waals surface area contributed by atoms with E-state index in [-0.39, 0.29) is 5.92 Å². The summed E-state index contributed by atoms with van der Waals surface area (Å²) in [5.74, 6) is 0.997. The molecule has 0 bridgehead atoms. The van der Waals surface area contributed by atoms with Gasteiger partial charge in [-0.15, -0.1) is 6.58 Å². The first-order valence-corrected chi connectivity index (χ1v) is 5.69. The molecule has 1 aliphatic rings. The third-order valence-corrected chi connectivity index (χ3v) is 2.93. The molecule has 0 amide bonds. The Bertz CT molecular complexity index is 533. The number of H-pyrrole nitrogens is 2. The normalized spacial score (nSPS) is 19.6. The summed E-state index contributed by atoms with van der Waals surface area (Å²) < 4.78 is 0.474. The van der Waals surface area contributed by atoms with Crippen LogP contribution in [0.15, 0.2) is 36.5 Å². The van der Waals surface area contributed by atoms with Crippen LogP contribution in [0.5, 0.6) is 0 Å². The van der Waals surface area contributed by atoms with Gasteiger partial charge in [0.2, 0.25) is 4.77 Å². The summed E-state index contributed by atoms with van der Waals surface area (Å²) in [6, 6.07) is 0. The van der Waals surface area contributed by atoms with E-state index in [9.17, 15) is 0 Å². The smallest absolute Gasteiger partial charge is 0.213 e. The fourth-order valence-corrected chi connectivity index (χ4v) is 2.02. The molecule has 1 aromatic rings. The predicted octanol–water partition coefficient (Wildman–Crippen LogP) is 2.68. The number of nitrogens with one attached hydrogen (secondary N) is 2. The fraction of sp³-hybridized carbons (Fsp3) is 0.182. The van der Waals surface area contributed by atoms with Gasteiger partial charge in [0.25, 0.3) is 0 Å².